The average Bonchev–Trinajstić information content (AvgIpc) is 2.88. The van der Waals surface area contributed by atoms with Crippen molar-refractivity contribution in [3.8, 4) is 0 Å². The van der Waals surface area contributed by atoms with Gasteiger partial charge in [-0.25, -0.2) is 0 Å². The van der Waals surface area contributed by atoms with Gasteiger partial charge in [-0.2, -0.15) is 0 Å². The minimum absolute atomic E-state index is 0.310. The molecule has 3 aromatic rings. The second-order valence-corrected chi connectivity index (χ2v) is 8.28. The van der Waals surface area contributed by atoms with Gasteiger partial charge in [0.1, 0.15) is 24.1 Å². The summed E-state index contributed by atoms with van der Waals surface area (Å²) in [6.07, 6.45) is -2.02. The first-order valence-electron chi connectivity index (χ1n) is 11.3. The third-order valence-electron chi connectivity index (χ3n) is 5.93. The Kier molecular flexibility index (Phi) is 6.84. The Morgan fingerprint density at radius 1 is 0.758 bits per heavy atom. The second kappa shape index (κ2) is 10.3. The number of hydrogen-bond donors (Lipinski definition) is 0. The van der Waals surface area contributed by atoms with E-state index < -0.39 is 18.5 Å². The van der Waals surface area contributed by atoms with E-state index in [2.05, 4.69) is 6.58 Å². The van der Waals surface area contributed by atoms with Crippen molar-refractivity contribution in [1.82, 2.24) is 0 Å². The van der Waals surface area contributed by atoms with Crippen LogP contribution >= 0.6 is 0 Å². The molecule has 0 amide bonds. The van der Waals surface area contributed by atoms with E-state index in [1.165, 1.54) is 0 Å². The summed E-state index contributed by atoms with van der Waals surface area (Å²) in [6, 6.07) is 30.1. The molecule has 2 saturated heterocycles. The highest BCUT2D eigenvalue weighted by Crippen LogP contribution is 2.37. The zero-order valence-electron chi connectivity index (χ0n) is 18.4. The lowest BCUT2D eigenvalue weighted by Crippen LogP contribution is -2.58. The molecule has 0 unspecified atom stereocenters. The SMILES string of the molecule is C=C1O[C@@H]2CO[C@@H](c3ccccc3)O[C@H]2[C@H](OCc2ccccc2)[C@H]1OCc1ccccc1. The van der Waals surface area contributed by atoms with E-state index in [9.17, 15) is 0 Å². The predicted octanol–water partition coefficient (Wildman–Crippen LogP) is 5.18. The maximum absolute atomic E-state index is 6.45. The monoisotopic (exact) mass is 444 g/mol. The van der Waals surface area contributed by atoms with Crippen LogP contribution in [0.3, 0.4) is 0 Å². The normalized spacial score (nSPS) is 26.9. The van der Waals surface area contributed by atoms with E-state index in [0.29, 0.717) is 25.6 Å². The average molecular weight is 445 g/mol. The van der Waals surface area contributed by atoms with Gasteiger partial charge in [0.05, 0.1) is 19.8 Å². The van der Waals surface area contributed by atoms with E-state index in [0.717, 1.165) is 16.7 Å². The van der Waals surface area contributed by atoms with Crippen LogP contribution in [0, 0.1) is 0 Å². The lowest BCUT2D eigenvalue weighted by atomic mass is 9.96. The maximum atomic E-state index is 6.45. The van der Waals surface area contributed by atoms with Gasteiger partial charge in [-0.3, -0.25) is 0 Å². The first-order valence-corrected chi connectivity index (χ1v) is 11.3. The second-order valence-electron chi connectivity index (χ2n) is 8.28. The smallest absolute Gasteiger partial charge is 0.184 e. The van der Waals surface area contributed by atoms with Gasteiger partial charge in [0.25, 0.3) is 0 Å². The van der Waals surface area contributed by atoms with Crippen molar-refractivity contribution in [3.05, 3.63) is 120 Å². The highest BCUT2D eigenvalue weighted by Gasteiger charge is 2.49. The standard InChI is InChI=1S/C28H28O5/c1-20-25(29-17-21-11-5-2-6-12-21)27(30-18-22-13-7-3-8-14-22)26-24(32-20)19-31-28(33-26)23-15-9-4-10-16-23/h2-16,24-28H,1,17-19H2/t24-,25+,26-,27-,28-/m1/s1. The minimum Gasteiger partial charge on any atom is -0.487 e. The van der Waals surface area contributed by atoms with Crippen LogP contribution < -0.4 is 0 Å². The molecule has 2 aliphatic rings. The van der Waals surface area contributed by atoms with Crippen LogP contribution in [-0.2, 0) is 36.9 Å². The van der Waals surface area contributed by atoms with Gasteiger partial charge < -0.3 is 23.7 Å². The van der Waals surface area contributed by atoms with Crippen LogP contribution in [0.15, 0.2) is 103 Å². The molecule has 5 nitrogen and oxygen atoms in total. The molecule has 0 aliphatic carbocycles. The van der Waals surface area contributed by atoms with Crippen molar-refractivity contribution in [1.29, 1.82) is 0 Å². The third kappa shape index (κ3) is 5.18. The molecule has 33 heavy (non-hydrogen) atoms. The molecule has 170 valence electrons. The van der Waals surface area contributed by atoms with Crippen LogP contribution in [0.25, 0.3) is 0 Å². The molecule has 5 rings (SSSR count). The quantitative estimate of drug-likeness (QED) is 0.502. The zero-order valence-corrected chi connectivity index (χ0v) is 18.4. The fourth-order valence-corrected chi connectivity index (χ4v) is 4.24. The lowest BCUT2D eigenvalue weighted by molar-refractivity contribution is -0.311. The first kappa shape index (κ1) is 21.9. The molecule has 2 heterocycles. The maximum Gasteiger partial charge on any atom is 0.184 e. The number of hydrogen-bond acceptors (Lipinski definition) is 5. The Labute approximate surface area is 194 Å². The van der Waals surface area contributed by atoms with Gasteiger partial charge in [0.2, 0.25) is 0 Å². The topological polar surface area (TPSA) is 46.2 Å². The van der Waals surface area contributed by atoms with E-state index in [-0.39, 0.29) is 12.2 Å². The highest BCUT2D eigenvalue weighted by atomic mass is 16.7. The third-order valence-corrected chi connectivity index (χ3v) is 5.93. The summed E-state index contributed by atoms with van der Waals surface area (Å²) >= 11 is 0. The molecule has 2 aliphatic heterocycles. The first-order chi connectivity index (χ1) is 16.3. The number of ether oxygens (including phenoxy) is 5. The molecule has 0 radical (unpaired) electrons. The predicted molar refractivity (Wildman–Crippen MR) is 124 cm³/mol. The fraction of sp³-hybridized carbons (Fsp3) is 0.286. The Bertz CT molecular complexity index is 1020. The summed E-state index contributed by atoms with van der Waals surface area (Å²) in [4.78, 5) is 0. The van der Waals surface area contributed by atoms with Crippen molar-refractivity contribution in [2.24, 2.45) is 0 Å². The number of benzene rings is 3. The fourth-order valence-electron chi connectivity index (χ4n) is 4.24. The largest absolute Gasteiger partial charge is 0.487 e. The van der Waals surface area contributed by atoms with Crippen molar-refractivity contribution in [2.75, 3.05) is 6.61 Å². The Morgan fingerprint density at radius 3 is 1.97 bits per heavy atom. The van der Waals surface area contributed by atoms with Crippen LogP contribution in [0.2, 0.25) is 0 Å². The molecular weight excluding hydrogens is 416 g/mol. The van der Waals surface area contributed by atoms with Crippen molar-refractivity contribution in [2.45, 2.75) is 43.9 Å². The molecule has 3 aromatic carbocycles. The van der Waals surface area contributed by atoms with Crippen LogP contribution in [0.4, 0.5) is 0 Å². The molecular formula is C28H28O5. The number of rotatable bonds is 7. The summed E-state index contributed by atoms with van der Waals surface area (Å²) in [6.45, 7) is 5.40. The van der Waals surface area contributed by atoms with Gasteiger partial charge in [-0.05, 0) is 11.1 Å². The zero-order chi connectivity index (χ0) is 22.5. The summed E-state index contributed by atoms with van der Waals surface area (Å²) < 4.78 is 31.2. The molecule has 0 bridgehead atoms. The molecule has 2 fully saturated rings. The van der Waals surface area contributed by atoms with Gasteiger partial charge in [-0.1, -0.05) is 97.6 Å². The van der Waals surface area contributed by atoms with Crippen molar-refractivity contribution >= 4 is 0 Å². The number of fused-ring (bicyclic) bond motifs is 1. The molecule has 5 heteroatoms. The molecule has 0 spiro atoms. The Hall–Kier alpha value is -2.96. The van der Waals surface area contributed by atoms with Gasteiger partial charge in [0.15, 0.2) is 12.4 Å². The Morgan fingerprint density at radius 2 is 1.33 bits per heavy atom. The minimum atomic E-state index is -0.486. The van der Waals surface area contributed by atoms with E-state index in [1.807, 2.05) is 91.0 Å². The molecule has 0 saturated carbocycles. The Balaban J connectivity index is 1.37. The summed E-state index contributed by atoms with van der Waals surface area (Å²) in [5.74, 6) is 0.538. The van der Waals surface area contributed by atoms with Crippen molar-refractivity contribution in [3.63, 3.8) is 0 Å². The summed E-state index contributed by atoms with van der Waals surface area (Å²) in [7, 11) is 0. The van der Waals surface area contributed by atoms with Crippen LogP contribution in [-0.4, -0.2) is 31.0 Å². The van der Waals surface area contributed by atoms with Crippen LogP contribution in [0.1, 0.15) is 23.0 Å². The summed E-state index contributed by atoms with van der Waals surface area (Å²) in [5.41, 5.74) is 3.12. The summed E-state index contributed by atoms with van der Waals surface area (Å²) in [5, 5.41) is 0. The molecule has 5 atom stereocenters. The lowest BCUT2D eigenvalue weighted by Gasteiger charge is -2.47. The van der Waals surface area contributed by atoms with E-state index in [1.54, 1.807) is 0 Å². The van der Waals surface area contributed by atoms with Gasteiger partial charge in [0, 0.05) is 5.56 Å². The molecule has 0 aromatic heterocycles. The van der Waals surface area contributed by atoms with E-state index in [4.69, 9.17) is 23.7 Å². The highest BCUT2D eigenvalue weighted by molar-refractivity contribution is 5.18. The van der Waals surface area contributed by atoms with Crippen LogP contribution in [0.5, 0.6) is 0 Å². The van der Waals surface area contributed by atoms with Crippen molar-refractivity contribution < 1.29 is 23.7 Å². The van der Waals surface area contributed by atoms with Gasteiger partial charge >= 0.3 is 0 Å². The molecule has 0 N–H and O–H groups in total. The van der Waals surface area contributed by atoms with Gasteiger partial charge in [-0.15, -0.1) is 0 Å². The van der Waals surface area contributed by atoms with E-state index >= 15 is 0 Å².